The Morgan fingerprint density at radius 1 is 1.38 bits per heavy atom. The number of benzene rings is 1. The van der Waals surface area contributed by atoms with Gasteiger partial charge in [-0.2, -0.15) is 0 Å². The maximum absolute atomic E-state index is 11.5. The first-order valence-corrected chi connectivity index (χ1v) is 6.87. The molecule has 3 rings (SSSR count). The van der Waals surface area contributed by atoms with E-state index in [2.05, 4.69) is 11.6 Å². The minimum absolute atomic E-state index is 0.284. The van der Waals surface area contributed by atoms with E-state index in [0.29, 0.717) is 17.7 Å². The van der Waals surface area contributed by atoms with Crippen LogP contribution >= 0.6 is 0 Å². The van der Waals surface area contributed by atoms with E-state index < -0.39 is 5.60 Å². The molecule has 0 amide bonds. The quantitative estimate of drug-likeness (QED) is 0.641. The van der Waals surface area contributed by atoms with E-state index >= 15 is 0 Å². The molecule has 4 nitrogen and oxygen atoms in total. The van der Waals surface area contributed by atoms with E-state index in [9.17, 15) is 4.79 Å². The van der Waals surface area contributed by atoms with Crippen LogP contribution in [0.25, 0.3) is 10.9 Å². The minimum atomic E-state index is -0.653. The van der Waals surface area contributed by atoms with E-state index in [1.54, 1.807) is 0 Å². The zero-order valence-corrected chi connectivity index (χ0v) is 12.2. The van der Waals surface area contributed by atoms with Gasteiger partial charge in [0.25, 0.3) is 0 Å². The number of rotatable bonds is 3. The van der Waals surface area contributed by atoms with E-state index in [1.807, 2.05) is 44.2 Å². The molecule has 0 bridgehead atoms. The molecule has 0 saturated carbocycles. The van der Waals surface area contributed by atoms with Gasteiger partial charge in [0.05, 0.1) is 0 Å². The van der Waals surface area contributed by atoms with Gasteiger partial charge in [-0.15, -0.1) is 0 Å². The van der Waals surface area contributed by atoms with Crippen LogP contribution in [0.4, 0.5) is 0 Å². The van der Waals surface area contributed by atoms with Crippen molar-refractivity contribution in [2.45, 2.75) is 25.9 Å². The Hall–Kier alpha value is -2.36. The molecule has 1 unspecified atom stereocenters. The number of carbonyl (C=O) groups is 1. The van der Waals surface area contributed by atoms with Crippen LogP contribution in [0.15, 0.2) is 42.5 Å². The number of fused-ring (bicyclic) bond motifs is 1. The number of aromatic nitrogens is 1. The van der Waals surface area contributed by atoms with Gasteiger partial charge >= 0.3 is 5.97 Å². The van der Waals surface area contributed by atoms with Gasteiger partial charge in [-0.3, -0.25) is 0 Å². The molecule has 1 aliphatic rings. The van der Waals surface area contributed by atoms with E-state index in [-0.39, 0.29) is 12.6 Å². The van der Waals surface area contributed by atoms with E-state index in [1.165, 1.54) is 0 Å². The molecule has 0 spiro atoms. The Balaban J connectivity index is 1.84. The molecule has 0 radical (unpaired) electrons. The average molecular weight is 283 g/mol. The lowest BCUT2D eigenvalue weighted by Crippen LogP contribution is -2.32. The number of hydrogen-bond donors (Lipinski definition) is 0. The van der Waals surface area contributed by atoms with Crippen LogP contribution in [0.5, 0.6) is 5.75 Å². The zero-order chi connectivity index (χ0) is 15.0. The fourth-order valence-corrected chi connectivity index (χ4v) is 2.50. The van der Waals surface area contributed by atoms with Crippen LogP contribution in [0.3, 0.4) is 0 Å². The first kappa shape index (κ1) is 13.6. The van der Waals surface area contributed by atoms with Gasteiger partial charge < -0.3 is 9.47 Å². The molecule has 1 fully saturated rings. The number of cyclic esters (lactones) is 1. The summed E-state index contributed by atoms with van der Waals surface area (Å²) in [5.41, 5.74) is 1.60. The summed E-state index contributed by atoms with van der Waals surface area (Å²) in [6, 6.07) is 9.79. The summed E-state index contributed by atoms with van der Waals surface area (Å²) in [6.07, 6.45) is 0.489. The lowest BCUT2D eigenvalue weighted by Gasteiger charge is -2.22. The number of pyridine rings is 1. The molecule has 1 aromatic heterocycles. The lowest BCUT2D eigenvalue weighted by atomic mass is 10.0. The highest BCUT2D eigenvalue weighted by Gasteiger charge is 2.39. The smallest absolute Gasteiger partial charge is 0.334 e. The number of carbonyl (C=O) groups excluding carboxylic acids is 1. The fourth-order valence-electron chi connectivity index (χ4n) is 2.50. The largest absolute Gasteiger partial charge is 0.487 e. The van der Waals surface area contributed by atoms with Gasteiger partial charge in [0.1, 0.15) is 23.5 Å². The second-order valence-corrected chi connectivity index (χ2v) is 5.69. The third-order valence-electron chi connectivity index (χ3n) is 3.57. The number of esters is 1. The summed E-state index contributed by atoms with van der Waals surface area (Å²) < 4.78 is 11.2. The van der Waals surface area contributed by atoms with Gasteiger partial charge in [0.2, 0.25) is 0 Å². The normalized spacial score (nSPS) is 21.6. The van der Waals surface area contributed by atoms with Crippen LogP contribution in [0.2, 0.25) is 0 Å². The van der Waals surface area contributed by atoms with Crippen molar-refractivity contribution in [3.05, 3.63) is 48.2 Å². The molecule has 1 aliphatic heterocycles. The third kappa shape index (κ3) is 2.61. The Morgan fingerprint density at radius 3 is 2.90 bits per heavy atom. The highest BCUT2D eigenvalue weighted by atomic mass is 16.6. The Kier molecular flexibility index (Phi) is 3.16. The Bertz CT molecular complexity index is 720. The minimum Gasteiger partial charge on any atom is -0.487 e. The summed E-state index contributed by atoms with van der Waals surface area (Å²) in [6.45, 7) is 7.79. The lowest BCUT2D eigenvalue weighted by molar-refractivity contribution is -0.147. The Labute approximate surface area is 123 Å². The van der Waals surface area contributed by atoms with Crippen molar-refractivity contribution in [2.75, 3.05) is 6.61 Å². The van der Waals surface area contributed by atoms with Crippen LogP contribution in [-0.4, -0.2) is 23.2 Å². The number of aryl methyl sites for hydroxylation is 1. The van der Waals surface area contributed by atoms with Gasteiger partial charge in [-0.05, 0) is 26.0 Å². The van der Waals surface area contributed by atoms with Crippen molar-refractivity contribution >= 4 is 16.9 Å². The molecule has 1 atom stereocenters. The summed E-state index contributed by atoms with van der Waals surface area (Å²) in [7, 11) is 0. The van der Waals surface area contributed by atoms with Crippen molar-refractivity contribution in [3.63, 3.8) is 0 Å². The number of para-hydroxylation sites is 1. The van der Waals surface area contributed by atoms with E-state index in [0.717, 1.165) is 16.6 Å². The molecule has 1 saturated heterocycles. The second-order valence-electron chi connectivity index (χ2n) is 5.69. The highest BCUT2D eigenvalue weighted by molar-refractivity contribution is 5.90. The maximum Gasteiger partial charge on any atom is 0.334 e. The monoisotopic (exact) mass is 283 g/mol. The summed E-state index contributed by atoms with van der Waals surface area (Å²) in [5.74, 6) is 0.360. The standard InChI is InChI=1S/C17H17NO3/c1-11-9-17(3,21-16(11)19)10-20-14-6-4-5-13-8-7-12(2)18-15(13)14/h4-8H,1,9-10H2,2-3H3. The molecule has 108 valence electrons. The molecule has 1 aromatic carbocycles. The van der Waals surface area contributed by atoms with Crippen molar-refractivity contribution in [2.24, 2.45) is 0 Å². The van der Waals surface area contributed by atoms with Crippen LogP contribution in [-0.2, 0) is 9.53 Å². The van der Waals surface area contributed by atoms with Crippen LogP contribution < -0.4 is 4.74 Å². The first-order valence-electron chi connectivity index (χ1n) is 6.87. The summed E-state index contributed by atoms with van der Waals surface area (Å²) in [4.78, 5) is 16.0. The summed E-state index contributed by atoms with van der Waals surface area (Å²) >= 11 is 0. The zero-order valence-electron chi connectivity index (χ0n) is 12.2. The van der Waals surface area contributed by atoms with Crippen LogP contribution in [0, 0.1) is 6.92 Å². The first-order chi connectivity index (χ1) is 9.97. The van der Waals surface area contributed by atoms with Crippen molar-refractivity contribution in [1.82, 2.24) is 4.98 Å². The SMILES string of the molecule is C=C1CC(C)(COc2cccc3ccc(C)nc23)OC1=O. The van der Waals surface area contributed by atoms with Gasteiger partial charge in [-0.25, -0.2) is 9.78 Å². The summed E-state index contributed by atoms with van der Waals surface area (Å²) in [5, 5.41) is 1.02. The van der Waals surface area contributed by atoms with Crippen molar-refractivity contribution in [3.8, 4) is 5.75 Å². The predicted molar refractivity (Wildman–Crippen MR) is 80.2 cm³/mol. The molecule has 4 heteroatoms. The molecular formula is C17H17NO3. The number of nitrogens with zero attached hydrogens (tertiary/aromatic N) is 1. The highest BCUT2D eigenvalue weighted by Crippen LogP contribution is 2.31. The number of hydrogen-bond acceptors (Lipinski definition) is 4. The molecule has 2 aromatic rings. The molecule has 0 N–H and O–H groups in total. The molecule has 0 aliphatic carbocycles. The topological polar surface area (TPSA) is 48.4 Å². The fraction of sp³-hybridized carbons (Fsp3) is 0.294. The molecule has 2 heterocycles. The van der Waals surface area contributed by atoms with Crippen molar-refractivity contribution in [1.29, 1.82) is 0 Å². The number of ether oxygens (including phenoxy) is 2. The van der Waals surface area contributed by atoms with E-state index in [4.69, 9.17) is 9.47 Å². The van der Waals surface area contributed by atoms with Crippen molar-refractivity contribution < 1.29 is 14.3 Å². The van der Waals surface area contributed by atoms with Gasteiger partial charge in [0, 0.05) is 23.1 Å². The van der Waals surface area contributed by atoms with Gasteiger partial charge in [-0.1, -0.05) is 24.8 Å². The second kappa shape index (κ2) is 4.88. The molecular weight excluding hydrogens is 266 g/mol. The molecule has 21 heavy (non-hydrogen) atoms. The average Bonchev–Trinajstić information content (AvgIpc) is 2.70. The predicted octanol–water partition coefficient (Wildman–Crippen LogP) is 3.18. The third-order valence-corrected chi connectivity index (χ3v) is 3.57. The van der Waals surface area contributed by atoms with Crippen LogP contribution in [0.1, 0.15) is 19.0 Å². The Morgan fingerprint density at radius 2 is 2.19 bits per heavy atom. The maximum atomic E-state index is 11.5. The van der Waals surface area contributed by atoms with Gasteiger partial charge in [0.15, 0.2) is 0 Å².